The van der Waals surface area contributed by atoms with E-state index < -0.39 is 11.6 Å². The van der Waals surface area contributed by atoms with Crippen LogP contribution in [-0.4, -0.2) is 19.6 Å². The minimum absolute atomic E-state index is 0.136. The monoisotopic (exact) mass is 239 g/mol. The Balaban J connectivity index is 2.89. The summed E-state index contributed by atoms with van der Waals surface area (Å²) >= 11 is 0. The molecule has 0 unspecified atom stereocenters. The van der Waals surface area contributed by atoms with Crippen LogP contribution in [0.15, 0.2) is 12.1 Å². The van der Waals surface area contributed by atoms with Gasteiger partial charge in [0, 0.05) is 13.0 Å². The van der Waals surface area contributed by atoms with Crippen molar-refractivity contribution in [3.8, 4) is 17.6 Å². The molecule has 1 N–H and O–H groups in total. The number of ether oxygens (including phenoxy) is 1. The topological polar surface area (TPSA) is 38.3 Å². The molecule has 1 rings (SSSR count). The number of carbonyl (C=O) groups excluding carboxylic acids is 1. The SMILES string of the molecule is COc1cc(F)c(F)cc1C#CCNC(C)=O. The van der Waals surface area contributed by atoms with Crippen molar-refractivity contribution in [1.82, 2.24) is 5.32 Å². The molecule has 0 saturated heterocycles. The van der Waals surface area contributed by atoms with Crippen LogP contribution in [0.25, 0.3) is 0 Å². The van der Waals surface area contributed by atoms with Crippen LogP contribution in [0.5, 0.6) is 5.75 Å². The minimum Gasteiger partial charge on any atom is -0.495 e. The van der Waals surface area contributed by atoms with E-state index in [0.29, 0.717) is 0 Å². The van der Waals surface area contributed by atoms with E-state index >= 15 is 0 Å². The lowest BCUT2D eigenvalue weighted by Gasteiger charge is -2.03. The highest BCUT2D eigenvalue weighted by molar-refractivity contribution is 5.73. The molecule has 0 saturated carbocycles. The number of amides is 1. The lowest BCUT2D eigenvalue weighted by atomic mass is 10.2. The van der Waals surface area contributed by atoms with Crippen LogP contribution >= 0.6 is 0 Å². The number of rotatable bonds is 2. The highest BCUT2D eigenvalue weighted by Gasteiger charge is 2.08. The van der Waals surface area contributed by atoms with Gasteiger partial charge < -0.3 is 10.1 Å². The van der Waals surface area contributed by atoms with Crippen molar-refractivity contribution in [2.75, 3.05) is 13.7 Å². The molecule has 90 valence electrons. The molecule has 1 aromatic rings. The van der Waals surface area contributed by atoms with E-state index in [1.54, 1.807) is 0 Å². The third-order valence-corrected chi connectivity index (χ3v) is 1.89. The highest BCUT2D eigenvalue weighted by atomic mass is 19.2. The maximum atomic E-state index is 13.0. The molecule has 3 nitrogen and oxygen atoms in total. The van der Waals surface area contributed by atoms with Crippen LogP contribution in [0.1, 0.15) is 12.5 Å². The smallest absolute Gasteiger partial charge is 0.217 e. The summed E-state index contributed by atoms with van der Waals surface area (Å²) in [6.45, 7) is 1.50. The molecule has 0 bridgehead atoms. The Morgan fingerprint density at radius 2 is 2.06 bits per heavy atom. The summed E-state index contributed by atoms with van der Waals surface area (Å²) in [4.78, 5) is 10.6. The fourth-order valence-corrected chi connectivity index (χ4v) is 1.10. The average Bonchev–Trinajstić information content (AvgIpc) is 2.28. The summed E-state index contributed by atoms with van der Waals surface area (Å²) in [5.74, 6) is 3.15. The molecule has 0 aliphatic heterocycles. The molecule has 0 aliphatic carbocycles. The first kappa shape index (κ1) is 13.0. The molecule has 0 spiro atoms. The summed E-state index contributed by atoms with van der Waals surface area (Å²) in [7, 11) is 1.34. The molecular weight excluding hydrogens is 228 g/mol. The van der Waals surface area contributed by atoms with E-state index in [1.165, 1.54) is 14.0 Å². The fourth-order valence-electron chi connectivity index (χ4n) is 1.10. The lowest BCUT2D eigenvalue weighted by Crippen LogP contribution is -2.19. The van der Waals surface area contributed by atoms with Crippen molar-refractivity contribution in [3.05, 3.63) is 29.3 Å². The first-order valence-corrected chi connectivity index (χ1v) is 4.81. The summed E-state index contributed by atoms with van der Waals surface area (Å²) in [5.41, 5.74) is 0.233. The summed E-state index contributed by atoms with van der Waals surface area (Å²) in [6, 6.07) is 1.88. The normalized spacial score (nSPS) is 9.18. The van der Waals surface area contributed by atoms with Gasteiger partial charge in [0.15, 0.2) is 11.6 Å². The summed E-state index contributed by atoms with van der Waals surface area (Å²) in [6.07, 6.45) is 0. The van der Waals surface area contributed by atoms with Crippen LogP contribution in [0, 0.1) is 23.5 Å². The summed E-state index contributed by atoms with van der Waals surface area (Å²) < 4.78 is 30.7. The van der Waals surface area contributed by atoms with Gasteiger partial charge in [-0.25, -0.2) is 8.78 Å². The van der Waals surface area contributed by atoms with Crippen LogP contribution < -0.4 is 10.1 Å². The van der Waals surface area contributed by atoms with E-state index in [9.17, 15) is 13.6 Å². The fraction of sp³-hybridized carbons (Fsp3) is 0.250. The standard InChI is InChI=1S/C12H11F2NO2/c1-8(16)15-5-3-4-9-6-10(13)11(14)7-12(9)17-2/h6-7H,5H2,1-2H3,(H,15,16). The zero-order valence-corrected chi connectivity index (χ0v) is 9.43. The maximum absolute atomic E-state index is 13.0. The molecule has 0 fully saturated rings. The highest BCUT2D eigenvalue weighted by Crippen LogP contribution is 2.20. The van der Waals surface area contributed by atoms with Crippen LogP contribution in [0.3, 0.4) is 0 Å². The first-order valence-electron chi connectivity index (χ1n) is 4.81. The number of hydrogen-bond donors (Lipinski definition) is 1. The third-order valence-electron chi connectivity index (χ3n) is 1.89. The van der Waals surface area contributed by atoms with Crippen LogP contribution in [-0.2, 0) is 4.79 Å². The van der Waals surface area contributed by atoms with E-state index in [0.717, 1.165) is 12.1 Å². The zero-order chi connectivity index (χ0) is 12.8. The predicted octanol–water partition coefficient (Wildman–Crippen LogP) is 1.46. The molecule has 0 heterocycles. The number of benzene rings is 1. The van der Waals surface area contributed by atoms with Gasteiger partial charge in [-0.2, -0.15) is 0 Å². The molecule has 0 atom stereocenters. The van der Waals surface area contributed by atoms with Gasteiger partial charge in [-0.3, -0.25) is 4.79 Å². The van der Waals surface area contributed by atoms with E-state index in [-0.39, 0.29) is 23.8 Å². The largest absolute Gasteiger partial charge is 0.495 e. The Bertz CT molecular complexity index is 489. The molecular formula is C12H11F2NO2. The lowest BCUT2D eigenvalue weighted by molar-refractivity contribution is -0.118. The van der Waals surface area contributed by atoms with Crippen molar-refractivity contribution in [2.24, 2.45) is 0 Å². The van der Waals surface area contributed by atoms with Crippen molar-refractivity contribution in [3.63, 3.8) is 0 Å². The Kier molecular flexibility index (Phi) is 4.46. The Hall–Kier alpha value is -2.09. The molecule has 17 heavy (non-hydrogen) atoms. The van der Waals surface area contributed by atoms with E-state index in [1.807, 2.05) is 0 Å². The van der Waals surface area contributed by atoms with Gasteiger partial charge >= 0.3 is 0 Å². The van der Waals surface area contributed by atoms with Gasteiger partial charge in [-0.05, 0) is 6.07 Å². The van der Waals surface area contributed by atoms with Gasteiger partial charge in [-0.15, -0.1) is 0 Å². The minimum atomic E-state index is -0.991. The second-order valence-electron chi connectivity index (χ2n) is 3.18. The van der Waals surface area contributed by atoms with Crippen LogP contribution in [0.4, 0.5) is 8.78 Å². The zero-order valence-electron chi connectivity index (χ0n) is 9.43. The predicted molar refractivity (Wildman–Crippen MR) is 58.5 cm³/mol. The summed E-state index contributed by atoms with van der Waals surface area (Å²) in [5, 5.41) is 2.46. The second-order valence-corrected chi connectivity index (χ2v) is 3.18. The number of methoxy groups -OCH3 is 1. The number of nitrogens with one attached hydrogen (secondary N) is 1. The second kappa shape index (κ2) is 5.85. The Labute approximate surface area is 97.8 Å². The van der Waals surface area contributed by atoms with Crippen molar-refractivity contribution >= 4 is 5.91 Å². The molecule has 1 aromatic carbocycles. The number of halogens is 2. The third kappa shape index (κ3) is 3.76. The van der Waals surface area contributed by atoms with E-state index in [4.69, 9.17) is 4.74 Å². The number of carbonyl (C=O) groups is 1. The first-order chi connectivity index (χ1) is 8.04. The molecule has 0 aromatic heterocycles. The molecule has 1 amide bonds. The quantitative estimate of drug-likeness (QED) is 0.793. The Morgan fingerprint density at radius 3 is 2.65 bits per heavy atom. The average molecular weight is 239 g/mol. The number of hydrogen-bond acceptors (Lipinski definition) is 2. The maximum Gasteiger partial charge on any atom is 0.217 e. The van der Waals surface area contributed by atoms with Gasteiger partial charge in [0.25, 0.3) is 0 Å². The van der Waals surface area contributed by atoms with Crippen molar-refractivity contribution in [2.45, 2.75) is 6.92 Å². The molecule has 5 heteroatoms. The Morgan fingerprint density at radius 1 is 1.41 bits per heavy atom. The molecule has 0 radical (unpaired) electrons. The molecule has 0 aliphatic rings. The van der Waals surface area contributed by atoms with Gasteiger partial charge in [-0.1, -0.05) is 11.8 Å². The van der Waals surface area contributed by atoms with Gasteiger partial charge in [0.2, 0.25) is 5.91 Å². The van der Waals surface area contributed by atoms with E-state index in [2.05, 4.69) is 17.2 Å². The van der Waals surface area contributed by atoms with Crippen molar-refractivity contribution in [1.29, 1.82) is 0 Å². The van der Waals surface area contributed by atoms with Crippen LogP contribution in [0.2, 0.25) is 0 Å². The van der Waals surface area contributed by atoms with Gasteiger partial charge in [0.05, 0.1) is 19.2 Å². The van der Waals surface area contributed by atoms with Crippen molar-refractivity contribution < 1.29 is 18.3 Å². The van der Waals surface area contributed by atoms with Gasteiger partial charge in [0.1, 0.15) is 5.75 Å².